The summed E-state index contributed by atoms with van der Waals surface area (Å²) in [7, 11) is 1.88. The topological polar surface area (TPSA) is 38.9 Å². The van der Waals surface area contributed by atoms with Crippen LogP contribution in [-0.4, -0.2) is 31.3 Å². The van der Waals surface area contributed by atoms with E-state index in [2.05, 4.69) is 17.1 Å². The zero-order chi connectivity index (χ0) is 21.8. The molecule has 2 aromatic heterocycles. The van der Waals surface area contributed by atoms with Crippen LogP contribution in [-0.2, 0) is 19.8 Å². The number of nitrogens with zero attached hydrogens (tertiary/aromatic N) is 5. The highest BCUT2D eigenvalue weighted by Crippen LogP contribution is 2.22. The first-order chi connectivity index (χ1) is 15.0. The Labute approximate surface area is 190 Å². The van der Waals surface area contributed by atoms with Gasteiger partial charge in [0.25, 0.3) is 0 Å². The average molecular weight is 454 g/mol. The Morgan fingerprint density at radius 3 is 2.58 bits per heavy atom. The lowest BCUT2D eigenvalue weighted by Gasteiger charge is -2.17. The molecule has 0 saturated heterocycles. The Balaban J connectivity index is 1.66. The van der Waals surface area contributed by atoms with Crippen LogP contribution in [0, 0.1) is 10.6 Å². The smallest absolute Gasteiger partial charge is 0.199 e. The van der Waals surface area contributed by atoms with Gasteiger partial charge in [-0.05, 0) is 49.1 Å². The zero-order valence-electron chi connectivity index (χ0n) is 16.9. The van der Waals surface area contributed by atoms with Crippen LogP contribution in [0.15, 0.2) is 73.1 Å². The van der Waals surface area contributed by atoms with Crippen LogP contribution in [0.4, 0.5) is 4.39 Å². The molecule has 158 valence electrons. The van der Waals surface area contributed by atoms with Gasteiger partial charge in [0, 0.05) is 35.1 Å². The van der Waals surface area contributed by atoms with E-state index in [1.54, 1.807) is 29.2 Å². The standard InChI is InChI=1S/C23H21ClFN5S/c1-28(15-19-20(24)10-5-11-21(19)25)16-30-23(31)29(14-17-7-3-2-4-8-17)22(27-30)18-9-6-12-26-13-18/h2-13H,14-16H2,1H3. The number of rotatable bonds is 7. The van der Waals surface area contributed by atoms with Crippen molar-refractivity contribution in [3.05, 3.63) is 99.8 Å². The molecular weight excluding hydrogens is 433 g/mol. The lowest BCUT2D eigenvalue weighted by atomic mass is 10.2. The molecule has 2 aromatic carbocycles. The number of pyridine rings is 1. The third-order valence-corrected chi connectivity index (χ3v) is 5.68. The van der Waals surface area contributed by atoms with Gasteiger partial charge in [-0.1, -0.05) is 48.0 Å². The van der Waals surface area contributed by atoms with E-state index < -0.39 is 0 Å². The van der Waals surface area contributed by atoms with Crippen LogP contribution in [0.25, 0.3) is 11.4 Å². The van der Waals surface area contributed by atoms with Gasteiger partial charge >= 0.3 is 0 Å². The van der Waals surface area contributed by atoms with Crippen LogP contribution in [0.2, 0.25) is 5.02 Å². The fraction of sp³-hybridized carbons (Fsp3) is 0.174. The van der Waals surface area contributed by atoms with Gasteiger partial charge in [-0.25, -0.2) is 9.07 Å². The maximum absolute atomic E-state index is 14.2. The fourth-order valence-corrected chi connectivity index (χ4v) is 3.85. The molecule has 0 unspecified atom stereocenters. The number of benzene rings is 2. The van der Waals surface area contributed by atoms with Crippen molar-refractivity contribution in [2.24, 2.45) is 0 Å². The van der Waals surface area contributed by atoms with Crippen LogP contribution >= 0.6 is 23.8 Å². The molecule has 5 nitrogen and oxygen atoms in total. The lowest BCUT2D eigenvalue weighted by Crippen LogP contribution is -2.23. The number of hydrogen-bond donors (Lipinski definition) is 0. The molecular formula is C23H21ClFN5S. The highest BCUT2D eigenvalue weighted by atomic mass is 35.5. The molecule has 8 heteroatoms. The highest BCUT2D eigenvalue weighted by Gasteiger charge is 2.16. The van der Waals surface area contributed by atoms with Gasteiger partial charge in [-0.2, -0.15) is 5.10 Å². The molecule has 0 aliphatic heterocycles. The minimum absolute atomic E-state index is 0.325. The van der Waals surface area contributed by atoms with Gasteiger partial charge < -0.3 is 0 Å². The summed E-state index contributed by atoms with van der Waals surface area (Å²) in [6, 6.07) is 18.6. The van der Waals surface area contributed by atoms with Gasteiger partial charge in [0.15, 0.2) is 10.6 Å². The van der Waals surface area contributed by atoms with Gasteiger partial charge in [-0.3, -0.25) is 14.5 Å². The van der Waals surface area contributed by atoms with Crippen molar-refractivity contribution >= 4 is 23.8 Å². The summed E-state index contributed by atoms with van der Waals surface area (Å²) in [5.74, 6) is 0.410. The largest absolute Gasteiger partial charge is 0.295 e. The predicted molar refractivity (Wildman–Crippen MR) is 123 cm³/mol. The Hall–Kier alpha value is -2.87. The Bertz CT molecular complexity index is 1200. The monoisotopic (exact) mass is 453 g/mol. The first-order valence-corrected chi connectivity index (χ1v) is 10.5. The Morgan fingerprint density at radius 1 is 1.06 bits per heavy atom. The molecule has 0 fully saturated rings. The summed E-state index contributed by atoms with van der Waals surface area (Å²) in [6.07, 6.45) is 3.49. The molecule has 2 heterocycles. The third-order valence-electron chi connectivity index (χ3n) is 4.89. The van der Waals surface area contributed by atoms with Gasteiger partial charge in [-0.15, -0.1) is 0 Å². The Morgan fingerprint density at radius 2 is 1.87 bits per heavy atom. The first-order valence-electron chi connectivity index (χ1n) is 9.76. The minimum Gasteiger partial charge on any atom is -0.295 e. The molecule has 4 rings (SSSR count). The summed E-state index contributed by atoms with van der Waals surface area (Å²) in [5.41, 5.74) is 2.45. The molecule has 0 saturated carbocycles. The van der Waals surface area contributed by atoms with Crippen molar-refractivity contribution in [1.82, 2.24) is 24.2 Å². The maximum atomic E-state index is 14.2. The SMILES string of the molecule is CN(Cc1c(F)cccc1Cl)Cn1nc(-c2cccnc2)n(Cc2ccccc2)c1=S. The van der Waals surface area contributed by atoms with Crippen LogP contribution in [0.1, 0.15) is 11.1 Å². The molecule has 0 aliphatic carbocycles. The van der Waals surface area contributed by atoms with Crippen molar-refractivity contribution < 1.29 is 4.39 Å². The summed E-state index contributed by atoms with van der Waals surface area (Å²) in [4.78, 5) is 6.14. The second-order valence-electron chi connectivity index (χ2n) is 7.27. The van der Waals surface area contributed by atoms with E-state index >= 15 is 0 Å². The molecule has 0 bridgehead atoms. The van der Waals surface area contributed by atoms with Crippen LogP contribution < -0.4 is 0 Å². The lowest BCUT2D eigenvalue weighted by molar-refractivity contribution is 0.241. The molecule has 0 aliphatic rings. The van der Waals surface area contributed by atoms with E-state index in [4.69, 9.17) is 28.9 Å². The average Bonchev–Trinajstić information content (AvgIpc) is 3.07. The molecule has 31 heavy (non-hydrogen) atoms. The predicted octanol–water partition coefficient (Wildman–Crippen LogP) is 5.41. The number of aromatic nitrogens is 4. The number of halogens is 2. The van der Waals surface area contributed by atoms with E-state index in [1.165, 1.54) is 6.07 Å². The van der Waals surface area contributed by atoms with Crippen LogP contribution in [0.3, 0.4) is 0 Å². The van der Waals surface area contributed by atoms with Crippen molar-refractivity contribution in [1.29, 1.82) is 0 Å². The van der Waals surface area contributed by atoms with Crippen molar-refractivity contribution in [2.75, 3.05) is 7.05 Å². The quantitative estimate of drug-likeness (QED) is 0.351. The molecule has 0 radical (unpaired) electrons. The number of hydrogen-bond acceptors (Lipinski definition) is 4. The van der Waals surface area contributed by atoms with E-state index in [9.17, 15) is 4.39 Å². The fourth-order valence-electron chi connectivity index (χ4n) is 3.38. The van der Waals surface area contributed by atoms with Gasteiger partial charge in [0.05, 0.1) is 13.2 Å². The van der Waals surface area contributed by atoms with Crippen molar-refractivity contribution in [2.45, 2.75) is 19.8 Å². The van der Waals surface area contributed by atoms with E-state index in [0.29, 0.717) is 35.1 Å². The summed E-state index contributed by atoms with van der Waals surface area (Å²) in [5, 5.41) is 5.17. The second kappa shape index (κ2) is 9.51. The van der Waals surface area contributed by atoms with Crippen molar-refractivity contribution in [3.63, 3.8) is 0 Å². The summed E-state index contributed by atoms with van der Waals surface area (Å²) >= 11 is 11.9. The van der Waals surface area contributed by atoms with Gasteiger partial charge in [0.1, 0.15) is 5.82 Å². The zero-order valence-corrected chi connectivity index (χ0v) is 18.5. The normalized spacial score (nSPS) is 11.2. The molecule has 0 spiro atoms. The Kier molecular flexibility index (Phi) is 6.56. The van der Waals surface area contributed by atoms with Crippen LogP contribution in [0.5, 0.6) is 0 Å². The molecule has 0 amide bonds. The summed E-state index contributed by atoms with van der Waals surface area (Å²) < 4.78 is 18.5. The maximum Gasteiger partial charge on any atom is 0.199 e. The molecule has 0 N–H and O–H groups in total. The summed E-state index contributed by atoms with van der Waals surface area (Å²) in [6.45, 7) is 1.31. The minimum atomic E-state index is -0.325. The van der Waals surface area contributed by atoms with E-state index in [0.717, 1.165) is 17.0 Å². The third kappa shape index (κ3) is 4.90. The first kappa shape index (κ1) is 21.4. The van der Waals surface area contributed by atoms with Crippen molar-refractivity contribution in [3.8, 4) is 11.4 Å². The van der Waals surface area contributed by atoms with E-state index in [-0.39, 0.29) is 5.82 Å². The second-order valence-corrected chi connectivity index (χ2v) is 8.05. The molecule has 0 atom stereocenters. The molecule has 4 aromatic rings. The van der Waals surface area contributed by atoms with Gasteiger partial charge in [0.2, 0.25) is 0 Å². The van der Waals surface area contributed by atoms with E-state index in [1.807, 2.05) is 46.8 Å². The highest BCUT2D eigenvalue weighted by molar-refractivity contribution is 7.71.